The van der Waals surface area contributed by atoms with E-state index in [4.69, 9.17) is 21.1 Å². The number of nitrogens with one attached hydrogen (secondary N) is 3. The van der Waals surface area contributed by atoms with Crippen LogP contribution in [0.25, 0.3) is 0 Å². The van der Waals surface area contributed by atoms with Crippen LogP contribution in [0.3, 0.4) is 0 Å². The Hall–Kier alpha value is -3.89. The lowest BCUT2D eigenvalue weighted by atomic mass is 9.85. The number of benzene rings is 3. The van der Waals surface area contributed by atoms with Crippen molar-refractivity contribution in [3.8, 4) is 0 Å². The molecular weight excluding hydrogens is 608 g/mol. The molecule has 0 bridgehead atoms. The van der Waals surface area contributed by atoms with Gasteiger partial charge in [-0.15, -0.1) is 11.8 Å². The first-order valence-electron chi connectivity index (χ1n) is 14.9. The number of thioether (sulfide) groups is 1. The molecule has 0 saturated carbocycles. The summed E-state index contributed by atoms with van der Waals surface area (Å²) in [7, 11) is 1.28. The Bertz CT molecular complexity index is 1490. The third-order valence-corrected chi connectivity index (χ3v) is 9.08. The second kappa shape index (κ2) is 16.4. The van der Waals surface area contributed by atoms with Crippen LogP contribution in [0.2, 0.25) is 5.02 Å². The standard InChI is InChI=1S/C35H37ClN4O4S/c1-43-35(42)40-33(32(25-8-3-2-4-9-25)26-17-19-37-20-18-26)34(41)39-31-10-6-5-7-24(31)11-14-28-21-38-22-29(44-28)23-45-30-15-12-27(36)13-16-30/h2-10,12-13,15-20,28-29,32-33,38H,11,14,21-23H2,1H3,(H,39,41)(H,40,42)/t28-,29+,32?,33-/m1/s1. The first kappa shape index (κ1) is 32.5. The topological polar surface area (TPSA) is 102 Å². The number of rotatable bonds is 12. The third-order valence-electron chi connectivity index (χ3n) is 7.69. The van der Waals surface area contributed by atoms with E-state index < -0.39 is 18.1 Å². The molecule has 1 aliphatic rings. The Labute approximate surface area is 273 Å². The van der Waals surface area contributed by atoms with Crippen LogP contribution in [-0.4, -0.2) is 61.2 Å². The Morgan fingerprint density at radius 2 is 1.64 bits per heavy atom. The number of hydrogen-bond acceptors (Lipinski definition) is 7. The molecular formula is C35H37ClN4O4S. The lowest BCUT2D eigenvalue weighted by Crippen LogP contribution is -2.48. The number of ether oxygens (including phenoxy) is 2. The Morgan fingerprint density at radius 3 is 2.40 bits per heavy atom. The van der Waals surface area contributed by atoms with Crippen LogP contribution in [0.1, 0.15) is 29.0 Å². The number of para-hydroxylation sites is 1. The second-order valence-corrected chi connectivity index (χ2v) is 12.3. The van der Waals surface area contributed by atoms with Crippen molar-refractivity contribution in [3.05, 3.63) is 125 Å². The molecule has 1 fully saturated rings. The number of hydrogen-bond donors (Lipinski definition) is 3. The van der Waals surface area contributed by atoms with Gasteiger partial charge in [-0.1, -0.05) is 60.1 Å². The van der Waals surface area contributed by atoms with Crippen LogP contribution in [0, 0.1) is 0 Å². The molecule has 3 aromatic carbocycles. The van der Waals surface area contributed by atoms with Crippen molar-refractivity contribution in [3.63, 3.8) is 0 Å². The van der Waals surface area contributed by atoms with E-state index in [-0.39, 0.29) is 18.1 Å². The summed E-state index contributed by atoms with van der Waals surface area (Å²) >= 11 is 7.77. The van der Waals surface area contributed by atoms with Crippen molar-refractivity contribution in [2.24, 2.45) is 0 Å². The maximum absolute atomic E-state index is 14.0. The molecule has 1 aliphatic heterocycles. The number of pyridine rings is 1. The van der Waals surface area contributed by atoms with Gasteiger partial charge in [0.2, 0.25) is 5.91 Å². The van der Waals surface area contributed by atoms with Gasteiger partial charge in [0.05, 0.1) is 19.3 Å². The molecule has 45 heavy (non-hydrogen) atoms. The van der Waals surface area contributed by atoms with Gasteiger partial charge >= 0.3 is 6.09 Å². The highest BCUT2D eigenvalue weighted by molar-refractivity contribution is 7.99. The number of aromatic nitrogens is 1. The van der Waals surface area contributed by atoms with E-state index in [1.165, 1.54) is 7.11 Å². The third kappa shape index (κ3) is 9.31. The number of carbonyl (C=O) groups is 2. The average Bonchev–Trinajstić information content (AvgIpc) is 3.08. The molecule has 4 aromatic rings. The zero-order valence-electron chi connectivity index (χ0n) is 25.0. The number of methoxy groups -OCH3 is 1. The number of anilines is 1. The van der Waals surface area contributed by atoms with Gasteiger partial charge in [0, 0.05) is 52.8 Å². The summed E-state index contributed by atoms with van der Waals surface area (Å²) < 4.78 is 11.4. The summed E-state index contributed by atoms with van der Waals surface area (Å²) in [5.41, 5.74) is 3.40. The summed E-state index contributed by atoms with van der Waals surface area (Å²) in [6.45, 7) is 1.57. The lowest BCUT2D eigenvalue weighted by molar-refractivity contribution is -0.118. The molecule has 2 amide bonds. The molecule has 0 radical (unpaired) electrons. The number of halogens is 1. The Morgan fingerprint density at radius 1 is 0.956 bits per heavy atom. The predicted octanol–water partition coefficient (Wildman–Crippen LogP) is 6.31. The van der Waals surface area contributed by atoms with Gasteiger partial charge in [-0.25, -0.2) is 4.79 Å². The molecule has 2 heterocycles. The normalized spacial score (nSPS) is 17.6. The molecule has 1 saturated heterocycles. The van der Waals surface area contributed by atoms with E-state index in [0.29, 0.717) is 12.1 Å². The fourth-order valence-electron chi connectivity index (χ4n) is 5.44. The van der Waals surface area contributed by atoms with E-state index in [2.05, 4.69) is 20.9 Å². The van der Waals surface area contributed by atoms with Crippen LogP contribution in [-0.2, 0) is 20.7 Å². The van der Waals surface area contributed by atoms with Gasteiger partial charge < -0.3 is 25.4 Å². The number of morpholine rings is 1. The first-order valence-corrected chi connectivity index (χ1v) is 16.3. The number of amides is 2. The lowest BCUT2D eigenvalue weighted by Gasteiger charge is -2.31. The van der Waals surface area contributed by atoms with Crippen LogP contribution in [0.5, 0.6) is 0 Å². The molecule has 1 unspecified atom stereocenters. The van der Waals surface area contributed by atoms with E-state index in [1.807, 2.05) is 91.0 Å². The second-order valence-electron chi connectivity index (χ2n) is 10.8. The molecule has 0 aliphatic carbocycles. The van der Waals surface area contributed by atoms with Crippen LogP contribution in [0.4, 0.5) is 10.5 Å². The van der Waals surface area contributed by atoms with Gasteiger partial charge in [0.15, 0.2) is 0 Å². The van der Waals surface area contributed by atoms with Gasteiger partial charge in [0.1, 0.15) is 6.04 Å². The van der Waals surface area contributed by atoms with Crippen molar-refractivity contribution < 1.29 is 19.1 Å². The number of alkyl carbamates (subject to hydrolysis) is 1. The smallest absolute Gasteiger partial charge is 0.407 e. The zero-order valence-corrected chi connectivity index (χ0v) is 26.6. The van der Waals surface area contributed by atoms with E-state index in [9.17, 15) is 9.59 Å². The van der Waals surface area contributed by atoms with Crippen LogP contribution < -0.4 is 16.0 Å². The fraction of sp³-hybridized carbons (Fsp3) is 0.286. The van der Waals surface area contributed by atoms with E-state index in [0.717, 1.165) is 51.9 Å². The summed E-state index contributed by atoms with van der Waals surface area (Å²) in [5.74, 6) is 0.00473. The highest BCUT2D eigenvalue weighted by Crippen LogP contribution is 2.30. The first-order chi connectivity index (χ1) is 22.0. The Kier molecular flexibility index (Phi) is 11.9. The van der Waals surface area contributed by atoms with E-state index in [1.54, 1.807) is 24.2 Å². The number of nitrogens with zero attached hydrogens (tertiary/aromatic N) is 1. The fourth-order valence-corrected chi connectivity index (χ4v) is 6.47. The zero-order chi connectivity index (χ0) is 31.4. The quantitative estimate of drug-likeness (QED) is 0.155. The highest BCUT2D eigenvalue weighted by Gasteiger charge is 2.33. The van der Waals surface area contributed by atoms with Gasteiger partial charge in [-0.05, 0) is 72.0 Å². The van der Waals surface area contributed by atoms with Crippen molar-refractivity contribution in [2.45, 2.75) is 41.9 Å². The highest BCUT2D eigenvalue weighted by atomic mass is 35.5. The monoisotopic (exact) mass is 644 g/mol. The minimum atomic E-state index is -0.958. The minimum absolute atomic E-state index is 0.0428. The largest absolute Gasteiger partial charge is 0.453 e. The van der Waals surface area contributed by atoms with Crippen molar-refractivity contribution in [1.82, 2.24) is 15.6 Å². The van der Waals surface area contributed by atoms with Crippen molar-refractivity contribution in [2.75, 3.05) is 31.3 Å². The van der Waals surface area contributed by atoms with Gasteiger partial charge in [0.25, 0.3) is 0 Å². The van der Waals surface area contributed by atoms with Crippen molar-refractivity contribution >= 4 is 41.1 Å². The summed E-state index contributed by atoms with van der Waals surface area (Å²) in [6, 6.07) is 28.0. The van der Waals surface area contributed by atoms with E-state index >= 15 is 0 Å². The molecule has 234 valence electrons. The van der Waals surface area contributed by atoms with Gasteiger partial charge in [-0.3, -0.25) is 9.78 Å². The molecule has 8 nitrogen and oxygen atoms in total. The maximum Gasteiger partial charge on any atom is 0.407 e. The SMILES string of the molecule is COC(=O)N[C@@H](C(=O)Nc1ccccc1CC[C@@H]1CNC[C@@H](CSc2ccc(Cl)cc2)O1)C(c1ccccc1)c1ccncc1. The number of aryl methyl sites for hydroxylation is 1. The predicted molar refractivity (Wildman–Crippen MR) is 179 cm³/mol. The molecule has 3 N–H and O–H groups in total. The van der Waals surface area contributed by atoms with Crippen molar-refractivity contribution in [1.29, 1.82) is 0 Å². The summed E-state index contributed by atoms with van der Waals surface area (Å²) in [4.78, 5) is 31.8. The molecule has 1 aromatic heterocycles. The summed E-state index contributed by atoms with van der Waals surface area (Å²) in [6.07, 6.45) is 4.29. The summed E-state index contributed by atoms with van der Waals surface area (Å²) in [5, 5.41) is 10.1. The molecule has 4 atom stereocenters. The van der Waals surface area contributed by atoms with Gasteiger partial charge in [-0.2, -0.15) is 0 Å². The molecule has 0 spiro atoms. The minimum Gasteiger partial charge on any atom is -0.453 e. The molecule has 10 heteroatoms. The Balaban J connectivity index is 1.27. The van der Waals surface area contributed by atoms with Crippen LogP contribution >= 0.6 is 23.4 Å². The molecule has 5 rings (SSSR count). The number of carbonyl (C=O) groups excluding carboxylic acids is 2. The van der Waals surface area contributed by atoms with Crippen LogP contribution in [0.15, 0.2) is 108 Å². The average molecular weight is 645 g/mol. The maximum atomic E-state index is 14.0.